The highest BCUT2D eigenvalue weighted by molar-refractivity contribution is 5.95. The molecule has 1 saturated carbocycles. The summed E-state index contributed by atoms with van der Waals surface area (Å²) in [6.45, 7) is 2.23. The Morgan fingerprint density at radius 3 is 2.77 bits per heavy atom. The summed E-state index contributed by atoms with van der Waals surface area (Å²) in [6, 6.07) is 3.68. The van der Waals surface area contributed by atoms with Crippen LogP contribution < -0.4 is 0 Å². The second-order valence-electron chi connectivity index (χ2n) is 5.85. The summed E-state index contributed by atoms with van der Waals surface area (Å²) in [4.78, 5) is 18.1. The second-order valence-corrected chi connectivity index (χ2v) is 5.85. The third kappa shape index (κ3) is 2.87. The lowest BCUT2D eigenvalue weighted by Crippen LogP contribution is -2.35. The summed E-state index contributed by atoms with van der Waals surface area (Å²) in [7, 11) is 1.72. The molecule has 1 fully saturated rings. The average Bonchev–Trinajstić information content (AvgIpc) is 3.30. The van der Waals surface area contributed by atoms with Crippen molar-refractivity contribution >= 4 is 5.91 Å². The van der Waals surface area contributed by atoms with Crippen molar-refractivity contribution in [3.05, 3.63) is 42.0 Å². The number of hydrogen-bond acceptors (Lipinski definition) is 4. The molecule has 0 radical (unpaired) electrons. The number of aliphatic hydroxyl groups excluding tert-OH is 1. The molecule has 0 aromatic carbocycles. The lowest BCUT2D eigenvalue weighted by Gasteiger charge is -2.20. The third-order valence-electron chi connectivity index (χ3n) is 4.12. The van der Waals surface area contributed by atoms with Gasteiger partial charge in [0.25, 0.3) is 5.91 Å². The highest BCUT2D eigenvalue weighted by Gasteiger charge is 2.31. The number of rotatable bonds is 5. The summed E-state index contributed by atoms with van der Waals surface area (Å²) in [5.41, 5.74) is 2.21. The van der Waals surface area contributed by atoms with E-state index < -0.39 is 6.10 Å². The Bertz CT molecular complexity index is 664. The molecule has 1 N–H and O–H groups in total. The molecule has 0 spiro atoms. The van der Waals surface area contributed by atoms with E-state index in [4.69, 9.17) is 0 Å². The molecule has 0 bridgehead atoms. The summed E-state index contributed by atoms with van der Waals surface area (Å²) >= 11 is 0. The maximum Gasteiger partial charge on any atom is 0.257 e. The molecule has 2 aromatic heterocycles. The Labute approximate surface area is 129 Å². The van der Waals surface area contributed by atoms with Gasteiger partial charge >= 0.3 is 0 Å². The minimum absolute atomic E-state index is 0.113. The minimum Gasteiger partial charge on any atom is -0.391 e. The molecule has 3 rings (SSSR count). The van der Waals surface area contributed by atoms with Crippen molar-refractivity contribution in [3.63, 3.8) is 0 Å². The van der Waals surface area contributed by atoms with Crippen molar-refractivity contribution in [3.8, 4) is 5.69 Å². The van der Waals surface area contributed by atoms with E-state index in [9.17, 15) is 9.90 Å². The van der Waals surface area contributed by atoms with E-state index in [1.54, 1.807) is 35.2 Å². The van der Waals surface area contributed by atoms with Gasteiger partial charge in [-0.05, 0) is 37.8 Å². The van der Waals surface area contributed by atoms with Gasteiger partial charge in [0.05, 0.1) is 29.2 Å². The van der Waals surface area contributed by atoms with E-state index in [1.807, 2.05) is 19.1 Å². The van der Waals surface area contributed by atoms with Crippen LogP contribution in [0.3, 0.4) is 0 Å². The Balaban J connectivity index is 1.77. The summed E-state index contributed by atoms with van der Waals surface area (Å²) in [5.74, 6) is 0.244. The molecule has 0 saturated heterocycles. The lowest BCUT2D eigenvalue weighted by atomic mass is 10.2. The molecule has 2 heterocycles. The van der Waals surface area contributed by atoms with Crippen LogP contribution in [0.15, 0.2) is 30.7 Å². The second kappa shape index (κ2) is 5.88. The van der Waals surface area contributed by atoms with Crippen LogP contribution in [0.25, 0.3) is 5.69 Å². The smallest absolute Gasteiger partial charge is 0.257 e. The van der Waals surface area contributed by atoms with Crippen molar-refractivity contribution in [2.24, 2.45) is 5.92 Å². The molecule has 6 nitrogen and oxygen atoms in total. The Morgan fingerprint density at radius 1 is 1.45 bits per heavy atom. The van der Waals surface area contributed by atoms with Gasteiger partial charge in [0.2, 0.25) is 0 Å². The van der Waals surface area contributed by atoms with Gasteiger partial charge in [-0.2, -0.15) is 5.10 Å². The zero-order valence-electron chi connectivity index (χ0n) is 12.8. The first kappa shape index (κ1) is 14.7. The van der Waals surface area contributed by atoms with Crippen LogP contribution in [0.1, 0.15) is 28.9 Å². The van der Waals surface area contributed by atoms with Gasteiger partial charge in [0.1, 0.15) is 0 Å². The fourth-order valence-electron chi connectivity index (χ4n) is 2.56. The Kier molecular flexibility index (Phi) is 3.94. The SMILES string of the molecule is Cc1c(C(=O)N(C)CC(O)C2CC2)cnn1-c1ccncc1. The van der Waals surface area contributed by atoms with Crippen molar-refractivity contribution in [1.29, 1.82) is 0 Å². The normalized spacial score (nSPS) is 15.6. The predicted molar refractivity (Wildman–Crippen MR) is 81.8 cm³/mol. The van der Waals surface area contributed by atoms with Crippen LogP contribution >= 0.6 is 0 Å². The number of nitrogens with zero attached hydrogens (tertiary/aromatic N) is 4. The largest absolute Gasteiger partial charge is 0.391 e. The maximum absolute atomic E-state index is 12.5. The molecule has 1 atom stereocenters. The first-order valence-electron chi connectivity index (χ1n) is 7.46. The van der Waals surface area contributed by atoms with E-state index in [1.165, 1.54) is 0 Å². The molecule has 1 aliphatic carbocycles. The number of carbonyl (C=O) groups excluding carboxylic acids is 1. The van der Waals surface area contributed by atoms with Gasteiger partial charge in [-0.25, -0.2) is 4.68 Å². The summed E-state index contributed by atoms with van der Waals surface area (Å²) in [6.07, 6.45) is 6.65. The quantitative estimate of drug-likeness (QED) is 0.906. The topological polar surface area (TPSA) is 71.2 Å². The number of likely N-dealkylation sites (N-methyl/N-ethyl adjacent to an activating group) is 1. The monoisotopic (exact) mass is 300 g/mol. The molecule has 0 aliphatic heterocycles. The van der Waals surface area contributed by atoms with Crippen LogP contribution in [0.5, 0.6) is 0 Å². The van der Waals surface area contributed by atoms with Gasteiger partial charge in [0, 0.05) is 26.0 Å². The Hall–Kier alpha value is -2.21. The predicted octanol–water partition coefficient (Wildman–Crippen LogP) is 1.42. The number of pyridine rings is 1. The first-order chi connectivity index (χ1) is 10.6. The molecular formula is C16H20N4O2. The van der Waals surface area contributed by atoms with E-state index in [-0.39, 0.29) is 5.91 Å². The molecule has 2 aromatic rings. The van der Waals surface area contributed by atoms with Gasteiger partial charge in [0.15, 0.2) is 0 Å². The van der Waals surface area contributed by atoms with Gasteiger partial charge in [-0.3, -0.25) is 9.78 Å². The zero-order valence-corrected chi connectivity index (χ0v) is 12.8. The fourth-order valence-corrected chi connectivity index (χ4v) is 2.56. The molecule has 116 valence electrons. The van der Waals surface area contributed by atoms with E-state index in [0.717, 1.165) is 24.2 Å². The Morgan fingerprint density at radius 2 is 2.14 bits per heavy atom. The van der Waals surface area contributed by atoms with Gasteiger partial charge in [-0.1, -0.05) is 0 Å². The summed E-state index contributed by atoms with van der Waals surface area (Å²) < 4.78 is 1.72. The number of hydrogen-bond donors (Lipinski definition) is 1. The third-order valence-corrected chi connectivity index (χ3v) is 4.12. The highest BCUT2D eigenvalue weighted by atomic mass is 16.3. The molecule has 1 aliphatic rings. The molecule has 1 amide bonds. The summed E-state index contributed by atoms with van der Waals surface area (Å²) in [5, 5.41) is 14.3. The fraction of sp³-hybridized carbons (Fsp3) is 0.438. The van der Waals surface area contributed by atoms with Gasteiger partial charge in [-0.15, -0.1) is 0 Å². The van der Waals surface area contributed by atoms with Crippen molar-refractivity contribution < 1.29 is 9.90 Å². The maximum atomic E-state index is 12.5. The van der Waals surface area contributed by atoms with E-state index in [0.29, 0.717) is 18.0 Å². The van der Waals surface area contributed by atoms with Crippen molar-refractivity contribution in [1.82, 2.24) is 19.7 Å². The van der Waals surface area contributed by atoms with Crippen LogP contribution in [-0.2, 0) is 0 Å². The highest BCUT2D eigenvalue weighted by Crippen LogP contribution is 2.32. The molecular weight excluding hydrogens is 280 g/mol. The van der Waals surface area contributed by atoms with Crippen LogP contribution in [-0.4, -0.2) is 50.4 Å². The molecule has 1 unspecified atom stereocenters. The number of amides is 1. The van der Waals surface area contributed by atoms with Crippen LogP contribution in [0.2, 0.25) is 0 Å². The average molecular weight is 300 g/mol. The molecule has 22 heavy (non-hydrogen) atoms. The standard InChI is InChI=1S/C16H20N4O2/c1-11-14(9-18-20(11)13-5-7-17-8-6-13)16(22)19(2)10-15(21)12-3-4-12/h5-9,12,15,21H,3-4,10H2,1-2H3. The van der Waals surface area contributed by atoms with E-state index >= 15 is 0 Å². The van der Waals surface area contributed by atoms with Crippen LogP contribution in [0, 0.1) is 12.8 Å². The number of aliphatic hydroxyl groups is 1. The van der Waals surface area contributed by atoms with E-state index in [2.05, 4.69) is 10.1 Å². The number of aromatic nitrogens is 3. The zero-order chi connectivity index (χ0) is 15.7. The lowest BCUT2D eigenvalue weighted by molar-refractivity contribution is 0.0644. The molecule has 6 heteroatoms. The first-order valence-corrected chi connectivity index (χ1v) is 7.46. The van der Waals surface area contributed by atoms with Gasteiger partial charge < -0.3 is 10.0 Å². The van der Waals surface area contributed by atoms with Crippen LogP contribution in [0.4, 0.5) is 0 Å². The number of carbonyl (C=O) groups is 1. The van der Waals surface area contributed by atoms with Crippen molar-refractivity contribution in [2.45, 2.75) is 25.9 Å². The minimum atomic E-state index is -0.426. The van der Waals surface area contributed by atoms with Crippen molar-refractivity contribution in [2.75, 3.05) is 13.6 Å².